The second-order valence-corrected chi connectivity index (χ2v) is 8.84. The number of benzene rings is 1. The number of thiazole rings is 1. The van der Waals surface area contributed by atoms with Gasteiger partial charge in [0.25, 0.3) is 0 Å². The number of rotatable bonds is 8. The van der Waals surface area contributed by atoms with Crippen molar-refractivity contribution >= 4 is 44.2 Å². The molecular formula is C21H30Br2N2S. The molecule has 1 fully saturated rings. The van der Waals surface area contributed by atoms with Crippen molar-refractivity contribution in [3.8, 4) is 0 Å². The molecule has 2 aromatic rings. The SMILES string of the molecule is Br.CCCC/N=c1/scc(C2(c3ccc(Br)cc3)CCC2)n1CCCC. The Labute approximate surface area is 180 Å². The molecule has 0 bridgehead atoms. The molecule has 0 atom stereocenters. The van der Waals surface area contributed by atoms with Crippen molar-refractivity contribution in [1.29, 1.82) is 0 Å². The lowest BCUT2D eigenvalue weighted by molar-refractivity contribution is 0.281. The van der Waals surface area contributed by atoms with E-state index >= 15 is 0 Å². The molecule has 1 saturated carbocycles. The molecule has 0 spiro atoms. The second-order valence-electron chi connectivity index (χ2n) is 7.09. The van der Waals surface area contributed by atoms with Crippen LogP contribution in [-0.2, 0) is 12.0 Å². The van der Waals surface area contributed by atoms with Crippen molar-refractivity contribution in [3.63, 3.8) is 0 Å². The molecule has 0 N–H and O–H groups in total. The fourth-order valence-electron chi connectivity index (χ4n) is 3.69. The highest BCUT2D eigenvalue weighted by Gasteiger charge is 2.42. The maximum Gasteiger partial charge on any atom is 0.184 e. The van der Waals surface area contributed by atoms with Crippen LogP contribution in [0.2, 0.25) is 0 Å². The van der Waals surface area contributed by atoms with Crippen molar-refractivity contribution in [3.05, 3.63) is 50.2 Å². The highest BCUT2D eigenvalue weighted by Crippen LogP contribution is 2.49. The molecule has 1 aromatic carbocycles. The molecule has 1 aliphatic carbocycles. The Bertz CT molecular complexity index is 742. The lowest BCUT2D eigenvalue weighted by atomic mass is 9.62. The summed E-state index contributed by atoms with van der Waals surface area (Å²) in [4.78, 5) is 6.15. The van der Waals surface area contributed by atoms with E-state index < -0.39 is 0 Å². The van der Waals surface area contributed by atoms with E-state index in [1.807, 2.05) is 11.3 Å². The molecule has 0 unspecified atom stereocenters. The molecule has 0 saturated heterocycles. The monoisotopic (exact) mass is 500 g/mol. The predicted octanol–water partition coefficient (Wildman–Crippen LogP) is 6.86. The van der Waals surface area contributed by atoms with Gasteiger partial charge in [0.2, 0.25) is 0 Å². The van der Waals surface area contributed by atoms with Crippen LogP contribution in [0.1, 0.15) is 70.1 Å². The molecule has 1 aliphatic rings. The number of aromatic nitrogens is 1. The van der Waals surface area contributed by atoms with Gasteiger partial charge in [-0.15, -0.1) is 28.3 Å². The molecule has 1 aromatic heterocycles. The van der Waals surface area contributed by atoms with Crippen LogP contribution in [0, 0.1) is 0 Å². The summed E-state index contributed by atoms with van der Waals surface area (Å²) in [6.07, 6.45) is 8.67. The van der Waals surface area contributed by atoms with Gasteiger partial charge in [-0.3, -0.25) is 4.99 Å². The average Bonchev–Trinajstić information content (AvgIpc) is 2.97. The number of halogens is 2. The number of hydrogen-bond donors (Lipinski definition) is 0. The Morgan fingerprint density at radius 3 is 2.38 bits per heavy atom. The summed E-state index contributed by atoms with van der Waals surface area (Å²) < 4.78 is 3.69. The van der Waals surface area contributed by atoms with E-state index in [2.05, 4.69) is 64.0 Å². The van der Waals surface area contributed by atoms with Crippen LogP contribution >= 0.6 is 44.2 Å². The molecule has 3 rings (SSSR count). The number of unbranched alkanes of at least 4 members (excludes halogenated alkanes) is 2. The Balaban J connectivity index is 0.00000243. The van der Waals surface area contributed by atoms with Gasteiger partial charge in [-0.1, -0.05) is 61.2 Å². The summed E-state index contributed by atoms with van der Waals surface area (Å²) in [5.74, 6) is 0. The summed E-state index contributed by atoms with van der Waals surface area (Å²) in [5, 5.41) is 2.39. The van der Waals surface area contributed by atoms with Gasteiger partial charge in [0.1, 0.15) is 0 Å². The van der Waals surface area contributed by atoms with E-state index in [9.17, 15) is 0 Å². The zero-order chi connectivity index (χ0) is 17.7. The topological polar surface area (TPSA) is 17.3 Å². The maximum absolute atomic E-state index is 4.92. The molecule has 2 nitrogen and oxygen atoms in total. The largest absolute Gasteiger partial charge is 0.320 e. The minimum atomic E-state index is 0. The van der Waals surface area contributed by atoms with E-state index in [4.69, 9.17) is 4.99 Å². The summed E-state index contributed by atoms with van der Waals surface area (Å²) in [6, 6.07) is 8.98. The van der Waals surface area contributed by atoms with Gasteiger partial charge in [-0.25, -0.2) is 0 Å². The zero-order valence-corrected chi connectivity index (χ0v) is 20.0. The standard InChI is InChI=1S/C21H29BrN2S.BrH/c1-3-5-14-23-20-24(15-6-4-2)19(16-25-20)21(12-7-13-21)17-8-10-18(22)11-9-17;/h8-11,16H,3-7,12-15H2,1-2H3;1H/b23-20+;. The van der Waals surface area contributed by atoms with Gasteiger partial charge >= 0.3 is 0 Å². The first-order chi connectivity index (χ1) is 12.2. The third-order valence-electron chi connectivity index (χ3n) is 5.39. The lowest BCUT2D eigenvalue weighted by Gasteiger charge is -2.43. The van der Waals surface area contributed by atoms with Crippen LogP contribution in [0.4, 0.5) is 0 Å². The molecule has 5 heteroatoms. The predicted molar refractivity (Wildman–Crippen MR) is 122 cm³/mol. The second kappa shape index (κ2) is 10.2. The fourth-order valence-corrected chi connectivity index (χ4v) is 5.01. The minimum absolute atomic E-state index is 0. The van der Waals surface area contributed by atoms with Crippen molar-refractivity contribution in [2.45, 2.75) is 70.8 Å². The quantitative estimate of drug-likeness (QED) is 0.351. The molecular weight excluding hydrogens is 472 g/mol. The maximum atomic E-state index is 4.92. The van der Waals surface area contributed by atoms with Crippen LogP contribution in [0.3, 0.4) is 0 Å². The molecule has 0 aliphatic heterocycles. The van der Waals surface area contributed by atoms with Crippen LogP contribution in [0.25, 0.3) is 0 Å². The van der Waals surface area contributed by atoms with Gasteiger partial charge in [0, 0.05) is 34.1 Å². The Hall–Kier alpha value is -0.390. The van der Waals surface area contributed by atoms with Crippen LogP contribution in [-0.4, -0.2) is 11.1 Å². The summed E-state index contributed by atoms with van der Waals surface area (Å²) in [5.41, 5.74) is 3.16. The molecule has 0 amide bonds. The Morgan fingerprint density at radius 1 is 1.12 bits per heavy atom. The van der Waals surface area contributed by atoms with Crippen molar-refractivity contribution in [1.82, 2.24) is 4.57 Å². The molecule has 0 radical (unpaired) electrons. The van der Waals surface area contributed by atoms with Crippen molar-refractivity contribution in [2.24, 2.45) is 4.99 Å². The van der Waals surface area contributed by atoms with E-state index in [1.165, 1.54) is 61.0 Å². The molecule has 1 heterocycles. The minimum Gasteiger partial charge on any atom is -0.320 e. The van der Waals surface area contributed by atoms with E-state index in [0.29, 0.717) is 0 Å². The third kappa shape index (κ3) is 4.53. The summed E-state index contributed by atoms with van der Waals surface area (Å²) in [6.45, 7) is 6.55. The first-order valence-electron chi connectivity index (χ1n) is 9.66. The van der Waals surface area contributed by atoms with E-state index in [1.54, 1.807) is 0 Å². The fraction of sp³-hybridized carbons (Fsp3) is 0.571. The van der Waals surface area contributed by atoms with Gasteiger partial charge in [0.05, 0.1) is 0 Å². The summed E-state index contributed by atoms with van der Waals surface area (Å²) in [7, 11) is 0. The van der Waals surface area contributed by atoms with Crippen LogP contribution in [0.5, 0.6) is 0 Å². The first kappa shape index (κ1) is 21.9. The third-order valence-corrected chi connectivity index (χ3v) is 6.82. The number of hydrogen-bond acceptors (Lipinski definition) is 2. The highest BCUT2D eigenvalue weighted by molar-refractivity contribution is 9.10. The van der Waals surface area contributed by atoms with Gasteiger partial charge in [-0.2, -0.15) is 0 Å². The van der Waals surface area contributed by atoms with Crippen LogP contribution in [0.15, 0.2) is 39.1 Å². The van der Waals surface area contributed by atoms with Gasteiger partial charge < -0.3 is 4.57 Å². The average molecular weight is 502 g/mol. The van der Waals surface area contributed by atoms with E-state index in [-0.39, 0.29) is 22.4 Å². The number of nitrogens with zero attached hydrogens (tertiary/aromatic N) is 2. The van der Waals surface area contributed by atoms with Crippen LogP contribution < -0.4 is 4.80 Å². The lowest BCUT2D eigenvalue weighted by Crippen LogP contribution is -2.39. The molecule has 144 valence electrons. The van der Waals surface area contributed by atoms with E-state index in [0.717, 1.165) is 17.6 Å². The van der Waals surface area contributed by atoms with Crippen molar-refractivity contribution in [2.75, 3.05) is 6.54 Å². The van der Waals surface area contributed by atoms with Gasteiger partial charge in [0.15, 0.2) is 4.80 Å². The molecule has 26 heavy (non-hydrogen) atoms. The highest BCUT2D eigenvalue weighted by atomic mass is 79.9. The summed E-state index contributed by atoms with van der Waals surface area (Å²) >= 11 is 5.42. The Morgan fingerprint density at radius 2 is 1.81 bits per heavy atom. The smallest absolute Gasteiger partial charge is 0.184 e. The van der Waals surface area contributed by atoms with Crippen molar-refractivity contribution < 1.29 is 0 Å². The zero-order valence-electron chi connectivity index (χ0n) is 15.8. The van der Waals surface area contributed by atoms with Gasteiger partial charge in [-0.05, 0) is 43.4 Å². The normalized spacial score (nSPS) is 16.2. The Kier molecular flexibility index (Phi) is 8.62. The first-order valence-corrected chi connectivity index (χ1v) is 11.3.